The van der Waals surface area contributed by atoms with Crippen LogP contribution in [0.1, 0.15) is 78.1 Å². The van der Waals surface area contributed by atoms with Gasteiger partial charge in [-0.25, -0.2) is 10.4 Å². The minimum absolute atomic E-state index is 0.0132. The van der Waals surface area contributed by atoms with Gasteiger partial charge in [0.15, 0.2) is 0 Å². The van der Waals surface area contributed by atoms with Crippen LogP contribution in [-0.4, -0.2) is 47.2 Å². The van der Waals surface area contributed by atoms with Gasteiger partial charge in [-0.05, 0) is 98.7 Å². The van der Waals surface area contributed by atoms with E-state index < -0.39 is 5.60 Å². The van der Waals surface area contributed by atoms with E-state index in [0.717, 1.165) is 70.4 Å². The van der Waals surface area contributed by atoms with Crippen LogP contribution in [0.5, 0.6) is 0 Å². The molecule has 0 aromatic rings. The van der Waals surface area contributed by atoms with Gasteiger partial charge in [0.2, 0.25) is 5.96 Å². The summed E-state index contributed by atoms with van der Waals surface area (Å²) in [7, 11) is 0. The maximum absolute atomic E-state index is 12.2. The third-order valence-corrected chi connectivity index (χ3v) is 10.3. The maximum Gasteiger partial charge on any atom is 0.212 e. The van der Waals surface area contributed by atoms with Crippen molar-refractivity contribution in [1.82, 2.24) is 10.7 Å². The minimum Gasteiger partial charge on any atom is -0.393 e. The molecule has 168 valence electrons. The van der Waals surface area contributed by atoms with E-state index in [1.807, 2.05) is 6.21 Å². The van der Waals surface area contributed by atoms with Crippen LogP contribution in [-0.2, 0) is 0 Å². The predicted octanol–water partition coefficient (Wildman–Crippen LogP) is 3.05. The predicted molar refractivity (Wildman–Crippen MR) is 119 cm³/mol. The molecule has 1 aliphatic heterocycles. The van der Waals surface area contributed by atoms with E-state index in [4.69, 9.17) is 0 Å². The van der Waals surface area contributed by atoms with Crippen molar-refractivity contribution in [1.29, 1.82) is 0 Å². The fraction of sp³-hybridized carbons (Fsp3) is 0.917. The third kappa shape index (κ3) is 3.04. The summed E-state index contributed by atoms with van der Waals surface area (Å²) in [6.45, 7) is 6.54. The number of hydrazone groups is 1. The first-order valence-corrected chi connectivity index (χ1v) is 12.3. The van der Waals surface area contributed by atoms with E-state index >= 15 is 0 Å². The number of aliphatic hydroxyl groups is 2. The molecule has 0 bridgehead atoms. The largest absolute Gasteiger partial charge is 0.393 e. The summed E-state index contributed by atoms with van der Waals surface area (Å²) in [6.07, 6.45) is 12.6. The topological polar surface area (TPSA) is 89.2 Å². The molecule has 5 rings (SSSR count). The molecule has 4 fully saturated rings. The quantitative estimate of drug-likeness (QED) is 0.421. The number of fused-ring (bicyclic) bond motifs is 5. The van der Waals surface area contributed by atoms with Gasteiger partial charge in [0.25, 0.3) is 0 Å². The number of rotatable bonds is 3. The third-order valence-electron chi connectivity index (χ3n) is 10.3. The Balaban J connectivity index is 1.30. The smallest absolute Gasteiger partial charge is 0.212 e. The Labute approximate surface area is 181 Å². The van der Waals surface area contributed by atoms with Crippen molar-refractivity contribution in [3.8, 4) is 0 Å². The number of hydrogen-bond donors (Lipinski definition) is 4. The van der Waals surface area contributed by atoms with Gasteiger partial charge in [-0.15, -0.1) is 0 Å². The van der Waals surface area contributed by atoms with Gasteiger partial charge in [0.05, 0.1) is 18.2 Å². The van der Waals surface area contributed by atoms with Crippen LogP contribution in [0.15, 0.2) is 10.1 Å². The fourth-order valence-corrected chi connectivity index (χ4v) is 8.45. The first kappa shape index (κ1) is 20.7. The molecule has 6 heteroatoms. The molecule has 5 aliphatic rings. The van der Waals surface area contributed by atoms with Crippen molar-refractivity contribution in [2.45, 2.75) is 89.8 Å². The number of hydrogen-bond acceptors (Lipinski definition) is 6. The Hall–Kier alpha value is -1.14. The van der Waals surface area contributed by atoms with Crippen LogP contribution < -0.4 is 10.7 Å². The summed E-state index contributed by atoms with van der Waals surface area (Å²) in [5, 5.41) is 30.0. The van der Waals surface area contributed by atoms with E-state index in [1.165, 1.54) is 12.8 Å². The number of guanidine groups is 1. The van der Waals surface area contributed by atoms with Gasteiger partial charge in [-0.3, -0.25) is 0 Å². The highest BCUT2D eigenvalue weighted by Gasteiger charge is 2.66. The summed E-state index contributed by atoms with van der Waals surface area (Å²) in [4.78, 5) is 4.31. The van der Waals surface area contributed by atoms with Crippen molar-refractivity contribution in [2.24, 2.45) is 44.6 Å². The standard InChI is InChI=1S/C24H40N4O2/c1-22-9-6-18(29)15-17(22)3-4-20-19(22)7-10-23(2)16(5-11-24(20,23)30)8-12-27-28-21-25-13-14-26-21/h12,16-20,29-30H,3-11,13-15H2,1-2H3,(H2,25,26,28)/t16-,17-,18+,19+,20-,22+,23-,24+/m1/s1. The van der Waals surface area contributed by atoms with Crippen molar-refractivity contribution in [3.05, 3.63) is 0 Å². The van der Waals surface area contributed by atoms with Crippen molar-refractivity contribution in [3.63, 3.8) is 0 Å². The minimum atomic E-state index is -0.539. The van der Waals surface area contributed by atoms with E-state index in [1.54, 1.807) is 0 Å². The lowest BCUT2D eigenvalue weighted by Gasteiger charge is -2.63. The van der Waals surface area contributed by atoms with Crippen LogP contribution in [0, 0.1) is 34.5 Å². The Morgan fingerprint density at radius 3 is 2.80 bits per heavy atom. The number of nitrogens with zero attached hydrogens (tertiary/aromatic N) is 2. The molecule has 30 heavy (non-hydrogen) atoms. The molecule has 1 heterocycles. The van der Waals surface area contributed by atoms with E-state index in [2.05, 4.69) is 34.7 Å². The zero-order valence-electron chi connectivity index (χ0n) is 18.7. The zero-order valence-corrected chi connectivity index (χ0v) is 18.7. The van der Waals surface area contributed by atoms with Crippen LogP contribution >= 0.6 is 0 Å². The second kappa shape index (κ2) is 7.47. The van der Waals surface area contributed by atoms with E-state index in [-0.39, 0.29) is 11.5 Å². The SMILES string of the molecule is C[C@]12CC[C@H](O)C[C@H]1CC[C@@H]1[C@@H]2CC[C@]2(C)[C@@H](CC=NNC3=NCCN3)CC[C@]12O. The van der Waals surface area contributed by atoms with Gasteiger partial charge >= 0.3 is 0 Å². The van der Waals surface area contributed by atoms with Crippen molar-refractivity contribution >= 4 is 12.2 Å². The Kier molecular flexibility index (Phi) is 5.17. The molecule has 0 amide bonds. The molecule has 0 saturated heterocycles. The van der Waals surface area contributed by atoms with Crippen LogP contribution in [0.25, 0.3) is 0 Å². The lowest BCUT2D eigenvalue weighted by molar-refractivity contribution is -0.209. The zero-order chi connectivity index (χ0) is 21.0. The summed E-state index contributed by atoms with van der Waals surface area (Å²) < 4.78 is 0. The van der Waals surface area contributed by atoms with Gasteiger partial charge in [-0.1, -0.05) is 13.8 Å². The summed E-state index contributed by atoms with van der Waals surface area (Å²) in [6, 6.07) is 0. The van der Waals surface area contributed by atoms with Crippen LogP contribution in [0.2, 0.25) is 0 Å². The second-order valence-electron chi connectivity index (χ2n) is 11.4. The van der Waals surface area contributed by atoms with Gasteiger partial charge in [0, 0.05) is 12.8 Å². The second-order valence-corrected chi connectivity index (χ2v) is 11.4. The Morgan fingerprint density at radius 2 is 2.00 bits per heavy atom. The molecule has 4 saturated carbocycles. The lowest BCUT2D eigenvalue weighted by Crippen LogP contribution is -2.62. The molecule has 6 nitrogen and oxygen atoms in total. The van der Waals surface area contributed by atoms with Crippen LogP contribution in [0.3, 0.4) is 0 Å². The van der Waals surface area contributed by atoms with Crippen molar-refractivity contribution < 1.29 is 10.2 Å². The molecule has 0 radical (unpaired) electrons. The molecular weight excluding hydrogens is 376 g/mol. The molecule has 4 N–H and O–H groups in total. The Morgan fingerprint density at radius 1 is 1.13 bits per heavy atom. The van der Waals surface area contributed by atoms with E-state index in [9.17, 15) is 10.2 Å². The molecule has 0 spiro atoms. The maximum atomic E-state index is 12.2. The van der Waals surface area contributed by atoms with E-state index in [0.29, 0.717) is 29.1 Å². The molecule has 0 unspecified atom stereocenters. The van der Waals surface area contributed by atoms with Crippen molar-refractivity contribution in [2.75, 3.05) is 13.1 Å². The normalized spacial score (nSPS) is 50.4. The van der Waals surface area contributed by atoms with Gasteiger partial charge in [0.1, 0.15) is 0 Å². The molecular formula is C24H40N4O2. The summed E-state index contributed by atoms with van der Waals surface area (Å²) in [5.74, 6) is 2.93. The summed E-state index contributed by atoms with van der Waals surface area (Å²) >= 11 is 0. The molecule has 4 aliphatic carbocycles. The van der Waals surface area contributed by atoms with Gasteiger partial charge < -0.3 is 15.5 Å². The number of aliphatic imine (C=N–C) groups is 1. The molecule has 8 atom stereocenters. The fourth-order valence-electron chi connectivity index (χ4n) is 8.45. The highest BCUT2D eigenvalue weighted by atomic mass is 16.3. The number of aliphatic hydroxyl groups excluding tert-OH is 1. The Bertz CT molecular complexity index is 726. The molecule has 0 aromatic heterocycles. The van der Waals surface area contributed by atoms with Gasteiger partial charge in [-0.2, -0.15) is 5.10 Å². The summed E-state index contributed by atoms with van der Waals surface area (Å²) in [5.41, 5.74) is 2.76. The monoisotopic (exact) mass is 416 g/mol. The molecule has 0 aromatic carbocycles. The highest BCUT2D eigenvalue weighted by molar-refractivity contribution is 5.81. The highest BCUT2D eigenvalue weighted by Crippen LogP contribution is 2.69. The average Bonchev–Trinajstić information content (AvgIpc) is 3.32. The number of nitrogens with one attached hydrogen (secondary N) is 2. The first-order valence-electron chi connectivity index (χ1n) is 12.3. The first-order chi connectivity index (χ1) is 14.4. The average molecular weight is 417 g/mol. The lowest BCUT2D eigenvalue weighted by atomic mass is 9.43. The van der Waals surface area contributed by atoms with Crippen LogP contribution in [0.4, 0.5) is 0 Å².